The molecule has 0 aromatic heterocycles. The van der Waals surface area contributed by atoms with E-state index >= 15 is 0 Å². The van der Waals surface area contributed by atoms with Crippen LogP contribution >= 0.6 is 0 Å². The fourth-order valence-electron chi connectivity index (χ4n) is 2.91. The summed E-state index contributed by atoms with van der Waals surface area (Å²) in [6.45, 7) is 3.00. The number of piperidine rings is 1. The molecule has 1 amide bonds. The predicted octanol–water partition coefficient (Wildman–Crippen LogP) is 2.79. The molecule has 1 aromatic rings. The first-order valence-corrected chi connectivity index (χ1v) is 7.24. The maximum atomic E-state index is 13.7. The van der Waals surface area contributed by atoms with Crippen molar-refractivity contribution < 1.29 is 19.1 Å². The van der Waals surface area contributed by atoms with Crippen molar-refractivity contribution in [1.29, 1.82) is 0 Å². The first-order valence-electron chi connectivity index (χ1n) is 7.24. The van der Waals surface area contributed by atoms with Crippen molar-refractivity contribution in [1.82, 2.24) is 4.90 Å². The Hall–Kier alpha value is -1.91. The number of halogens is 1. The lowest BCUT2D eigenvalue weighted by Gasteiger charge is -2.35. The molecule has 0 saturated carbocycles. The lowest BCUT2D eigenvalue weighted by atomic mass is 9.84. The lowest BCUT2D eigenvalue weighted by molar-refractivity contribution is -0.138. The summed E-state index contributed by atoms with van der Waals surface area (Å²) in [5.74, 6) is -1.46. The van der Waals surface area contributed by atoms with E-state index in [4.69, 9.17) is 5.11 Å². The van der Waals surface area contributed by atoms with Gasteiger partial charge >= 0.3 is 5.97 Å². The molecule has 0 radical (unpaired) electrons. The largest absolute Gasteiger partial charge is 0.481 e. The first kappa shape index (κ1) is 15.5. The van der Waals surface area contributed by atoms with Gasteiger partial charge in [-0.15, -0.1) is 0 Å². The van der Waals surface area contributed by atoms with E-state index in [1.165, 1.54) is 12.1 Å². The number of carbonyl (C=O) groups excluding carboxylic acids is 1. The topological polar surface area (TPSA) is 57.6 Å². The van der Waals surface area contributed by atoms with Gasteiger partial charge < -0.3 is 10.0 Å². The Morgan fingerprint density at radius 1 is 1.43 bits per heavy atom. The van der Waals surface area contributed by atoms with E-state index in [-0.39, 0.29) is 29.7 Å². The molecule has 4 nitrogen and oxygen atoms in total. The van der Waals surface area contributed by atoms with Gasteiger partial charge in [-0.05, 0) is 36.8 Å². The highest BCUT2D eigenvalue weighted by molar-refractivity contribution is 5.94. The minimum absolute atomic E-state index is 0.0127. The maximum absolute atomic E-state index is 13.7. The van der Waals surface area contributed by atoms with Crippen LogP contribution in [0.5, 0.6) is 0 Å². The Balaban J connectivity index is 2.05. The van der Waals surface area contributed by atoms with Crippen LogP contribution in [0.25, 0.3) is 0 Å². The van der Waals surface area contributed by atoms with Crippen molar-refractivity contribution >= 4 is 11.9 Å². The van der Waals surface area contributed by atoms with Crippen LogP contribution in [0.1, 0.15) is 36.5 Å². The molecule has 2 atom stereocenters. The van der Waals surface area contributed by atoms with Crippen molar-refractivity contribution in [2.75, 3.05) is 13.1 Å². The second-order valence-corrected chi connectivity index (χ2v) is 5.71. The summed E-state index contributed by atoms with van der Waals surface area (Å²) in [6.07, 6.45) is 1.84. The third-order valence-corrected chi connectivity index (χ3v) is 4.15. The highest BCUT2D eigenvalue weighted by atomic mass is 19.1. The zero-order valence-corrected chi connectivity index (χ0v) is 12.1. The Morgan fingerprint density at radius 2 is 2.14 bits per heavy atom. The highest BCUT2D eigenvalue weighted by Gasteiger charge is 2.29. The molecule has 1 aromatic carbocycles. The second-order valence-electron chi connectivity index (χ2n) is 5.71. The number of carboxylic acids is 1. The summed E-state index contributed by atoms with van der Waals surface area (Å²) in [7, 11) is 0. The minimum atomic E-state index is -0.819. The van der Waals surface area contributed by atoms with E-state index in [2.05, 4.69) is 0 Å². The summed E-state index contributed by atoms with van der Waals surface area (Å²) in [4.78, 5) is 24.8. The molecule has 2 rings (SSSR count). The Kier molecular flexibility index (Phi) is 4.94. The molecule has 2 unspecified atom stereocenters. The molecule has 1 heterocycles. The van der Waals surface area contributed by atoms with E-state index in [9.17, 15) is 14.0 Å². The number of carbonyl (C=O) groups is 2. The smallest absolute Gasteiger partial charge is 0.303 e. The Bertz CT molecular complexity index is 532. The van der Waals surface area contributed by atoms with Gasteiger partial charge in [0.1, 0.15) is 5.82 Å². The molecular formula is C16H20FNO3. The molecular weight excluding hydrogens is 273 g/mol. The number of benzene rings is 1. The number of aliphatic carboxylic acids is 1. The molecule has 0 bridgehead atoms. The molecule has 0 aliphatic carbocycles. The van der Waals surface area contributed by atoms with E-state index in [0.717, 1.165) is 12.8 Å². The Morgan fingerprint density at radius 3 is 2.81 bits per heavy atom. The van der Waals surface area contributed by atoms with Crippen molar-refractivity contribution in [3.8, 4) is 0 Å². The molecule has 1 N–H and O–H groups in total. The molecule has 5 heteroatoms. The quantitative estimate of drug-likeness (QED) is 0.928. The molecule has 1 fully saturated rings. The van der Waals surface area contributed by atoms with E-state index in [1.807, 2.05) is 6.92 Å². The summed E-state index contributed by atoms with van der Waals surface area (Å²) in [5, 5.41) is 8.87. The van der Waals surface area contributed by atoms with Crippen LogP contribution in [0.2, 0.25) is 0 Å². The van der Waals surface area contributed by atoms with Crippen LogP contribution in [0.3, 0.4) is 0 Å². The third-order valence-electron chi connectivity index (χ3n) is 4.15. The molecule has 21 heavy (non-hydrogen) atoms. The SMILES string of the molecule is CC(CC(=O)O)C1CCCN(C(=O)c2ccccc2F)C1. The van der Waals surface area contributed by atoms with Crippen molar-refractivity contribution in [2.45, 2.75) is 26.2 Å². The fourth-order valence-corrected chi connectivity index (χ4v) is 2.91. The number of likely N-dealkylation sites (tertiary alicyclic amines) is 1. The van der Waals surface area contributed by atoms with Crippen LogP contribution < -0.4 is 0 Å². The molecule has 1 saturated heterocycles. The zero-order chi connectivity index (χ0) is 15.4. The molecule has 1 aliphatic heterocycles. The summed E-state index contributed by atoms with van der Waals surface area (Å²) >= 11 is 0. The summed E-state index contributed by atoms with van der Waals surface area (Å²) < 4.78 is 13.7. The first-order chi connectivity index (χ1) is 9.99. The Labute approximate surface area is 123 Å². The summed E-state index contributed by atoms with van der Waals surface area (Å²) in [5.41, 5.74) is 0.0871. The van der Waals surface area contributed by atoms with Gasteiger partial charge in [-0.2, -0.15) is 0 Å². The van der Waals surface area contributed by atoms with Gasteiger partial charge in [-0.3, -0.25) is 9.59 Å². The fraction of sp³-hybridized carbons (Fsp3) is 0.500. The number of carboxylic acid groups (broad SMARTS) is 1. The van der Waals surface area contributed by atoms with Crippen LogP contribution in [0, 0.1) is 17.7 Å². The van der Waals surface area contributed by atoms with Gasteiger partial charge in [0, 0.05) is 19.5 Å². The number of rotatable bonds is 4. The molecule has 0 spiro atoms. The maximum Gasteiger partial charge on any atom is 0.303 e. The van der Waals surface area contributed by atoms with Crippen molar-refractivity contribution in [3.05, 3.63) is 35.6 Å². The number of nitrogens with zero attached hydrogens (tertiary/aromatic N) is 1. The van der Waals surface area contributed by atoms with Crippen LogP contribution in [0.4, 0.5) is 4.39 Å². The van der Waals surface area contributed by atoms with E-state index in [0.29, 0.717) is 13.1 Å². The van der Waals surface area contributed by atoms with Gasteiger partial charge in [-0.25, -0.2) is 4.39 Å². The number of amides is 1. The van der Waals surface area contributed by atoms with Gasteiger partial charge in [0.2, 0.25) is 0 Å². The highest BCUT2D eigenvalue weighted by Crippen LogP contribution is 2.27. The average Bonchev–Trinajstić information content (AvgIpc) is 2.46. The van der Waals surface area contributed by atoms with Crippen LogP contribution in [-0.2, 0) is 4.79 Å². The monoisotopic (exact) mass is 293 g/mol. The normalized spacial score (nSPS) is 20.1. The zero-order valence-electron chi connectivity index (χ0n) is 12.1. The van der Waals surface area contributed by atoms with E-state index < -0.39 is 11.8 Å². The number of hydrogen-bond acceptors (Lipinski definition) is 2. The number of hydrogen-bond donors (Lipinski definition) is 1. The minimum Gasteiger partial charge on any atom is -0.481 e. The van der Waals surface area contributed by atoms with Gasteiger partial charge in [0.25, 0.3) is 5.91 Å². The average molecular weight is 293 g/mol. The third kappa shape index (κ3) is 3.80. The van der Waals surface area contributed by atoms with Crippen molar-refractivity contribution in [3.63, 3.8) is 0 Å². The lowest BCUT2D eigenvalue weighted by Crippen LogP contribution is -2.42. The standard InChI is InChI=1S/C16H20FNO3/c1-11(9-15(19)20)12-5-4-8-18(10-12)16(21)13-6-2-3-7-14(13)17/h2-3,6-7,11-12H,4-5,8-10H2,1H3,(H,19,20). The van der Waals surface area contributed by atoms with Gasteiger partial charge in [-0.1, -0.05) is 19.1 Å². The van der Waals surface area contributed by atoms with Crippen LogP contribution in [0.15, 0.2) is 24.3 Å². The second kappa shape index (κ2) is 6.70. The summed E-state index contributed by atoms with van der Waals surface area (Å²) in [6, 6.07) is 5.97. The van der Waals surface area contributed by atoms with Crippen LogP contribution in [-0.4, -0.2) is 35.0 Å². The van der Waals surface area contributed by atoms with Crippen molar-refractivity contribution in [2.24, 2.45) is 11.8 Å². The molecule has 1 aliphatic rings. The predicted molar refractivity (Wildman–Crippen MR) is 76.4 cm³/mol. The van der Waals surface area contributed by atoms with Gasteiger partial charge in [0.05, 0.1) is 5.56 Å². The van der Waals surface area contributed by atoms with Gasteiger partial charge in [0.15, 0.2) is 0 Å². The molecule has 114 valence electrons. The van der Waals surface area contributed by atoms with E-state index in [1.54, 1.807) is 17.0 Å².